The van der Waals surface area contributed by atoms with Crippen molar-refractivity contribution in [1.29, 1.82) is 0 Å². The third kappa shape index (κ3) is 4.25. The van der Waals surface area contributed by atoms with Gasteiger partial charge in [0.1, 0.15) is 16.1 Å². The third-order valence-corrected chi connectivity index (χ3v) is 5.12. The fourth-order valence-corrected chi connectivity index (χ4v) is 3.87. The van der Waals surface area contributed by atoms with E-state index in [1.807, 2.05) is 65.2 Å². The van der Waals surface area contributed by atoms with Crippen molar-refractivity contribution in [2.75, 3.05) is 0 Å². The van der Waals surface area contributed by atoms with Crippen LogP contribution >= 0.6 is 34.4 Å². The molecule has 0 fully saturated rings. The molecule has 122 valence electrons. The van der Waals surface area contributed by atoms with Crippen molar-refractivity contribution in [2.45, 2.75) is 23.4 Å². The van der Waals surface area contributed by atoms with Gasteiger partial charge in [0.15, 0.2) is 11.4 Å². The molecule has 0 radical (unpaired) electrons. The lowest BCUT2D eigenvalue weighted by atomic mass is 10.2. The summed E-state index contributed by atoms with van der Waals surface area (Å²) in [6.45, 7) is 0.775. The van der Waals surface area contributed by atoms with Crippen LogP contribution in [-0.2, 0) is 18.1 Å². The van der Waals surface area contributed by atoms with E-state index in [2.05, 4.69) is 27.6 Å². The molecule has 0 bridgehead atoms. The first kappa shape index (κ1) is 17.2. The van der Waals surface area contributed by atoms with Crippen LogP contribution in [0.5, 0.6) is 0 Å². The number of nitrogens with zero attached hydrogens (tertiary/aromatic N) is 2. The number of ether oxygens (including phenoxy) is 1. The molecule has 0 saturated carbocycles. The first-order valence-corrected chi connectivity index (χ1v) is 9.23. The number of aromatic nitrogens is 2. The molecule has 3 aromatic rings. The van der Waals surface area contributed by atoms with Crippen molar-refractivity contribution in [2.24, 2.45) is 0 Å². The highest BCUT2D eigenvalue weighted by atomic mass is 127. The van der Waals surface area contributed by atoms with Crippen LogP contribution in [-0.4, -0.2) is 15.8 Å². The Morgan fingerprint density at radius 3 is 2.42 bits per heavy atom. The molecule has 6 heteroatoms. The van der Waals surface area contributed by atoms with Gasteiger partial charge in [0.05, 0.1) is 6.61 Å². The Bertz CT molecular complexity index is 807. The van der Waals surface area contributed by atoms with Gasteiger partial charge in [-0.1, -0.05) is 60.3 Å². The van der Waals surface area contributed by atoms with E-state index in [9.17, 15) is 4.79 Å². The Kier molecular flexibility index (Phi) is 6.06. The molecule has 0 atom stereocenters. The molecule has 0 aliphatic rings. The number of hydrogen-bond acceptors (Lipinski definition) is 4. The first-order valence-electron chi connectivity index (χ1n) is 7.33. The van der Waals surface area contributed by atoms with E-state index < -0.39 is 0 Å². The molecule has 1 aromatic heterocycles. The van der Waals surface area contributed by atoms with Crippen molar-refractivity contribution in [3.8, 4) is 0 Å². The van der Waals surface area contributed by atoms with Gasteiger partial charge in [0.2, 0.25) is 0 Å². The van der Waals surface area contributed by atoms with Gasteiger partial charge >= 0.3 is 0 Å². The molecule has 0 spiro atoms. The second-order valence-corrected chi connectivity index (χ2v) is 7.06. The molecule has 0 N–H and O–H groups in total. The molecule has 0 aliphatic carbocycles. The van der Waals surface area contributed by atoms with Crippen LogP contribution < -0.4 is 0 Å². The molecule has 0 saturated heterocycles. The molecule has 0 unspecified atom stereocenters. The van der Waals surface area contributed by atoms with Crippen LogP contribution in [0.2, 0.25) is 0 Å². The Labute approximate surface area is 158 Å². The van der Waals surface area contributed by atoms with E-state index in [4.69, 9.17) is 4.74 Å². The Hall–Kier alpha value is -1.64. The quantitative estimate of drug-likeness (QED) is 0.389. The fraction of sp³-hybridized carbons (Fsp3) is 0.111. The number of halogens is 1. The number of carbonyl (C=O) groups is 1. The Balaban J connectivity index is 1.76. The molecule has 3 rings (SSSR count). The number of aldehydes is 1. The van der Waals surface area contributed by atoms with Crippen LogP contribution in [0.4, 0.5) is 0 Å². The van der Waals surface area contributed by atoms with Crippen LogP contribution in [0.1, 0.15) is 16.1 Å². The van der Waals surface area contributed by atoms with E-state index in [1.54, 1.807) is 0 Å². The summed E-state index contributed by atoms with van der Waals surface area (Å²) in [5, 5.41) is 0.751. The summed E-state index contributed by atoms with van der Waals surface area (Å²) in [6, 6.07) is 19.9. The monoisotopic (exact) mass is 450 g/mol. The Morgan fingerprint density at radius 2 is 1.75 bits per heavy atom. The molecule has 4 nitrogen and oxygen atoms in total. The van der Waals surface area contributed by atoms with Crippen molar-refractivity contribution < 1.29 is 9.53 Å². The minimum atomic E-state index is 0.286. The van der Waals surface area contributed by atoms with E-state index in [0.29, 0.717) is 16.0 Å². The minimum Gasteiger partial charge on any atom is -0.356 e. The van der Waals surface area contributed by atoms with E-state index in [1.165, 1.54) is 11.8 Å². The zero-order valence-electron chi connectivity index (χ0n) is 12.8. The lowest BCUT2D eigenvalue weighted by molar-refractivity contribution is 0.0567. The van der Waals surface area contributed by atoms with Gasteiger partial charge in [-0.25, -0.2) is 4.98 Å². The van der Waals surface area contributed by atoms with Gasteiger partial charge in [0.25, 0.3) is 0 Å². The van der Waals surface area contributed by atoms with Gasteiger partial charge in [0, 0.05) is 4.90 Å². The molecule has 2 aromatic carbocycles. The number of rotatable bonds is 7. The predicted molar refractivity (Wildman–Crippen MR) is 102 cm³/mol. The lowest BCUT2D eigenvalue weighted by Gasteiger charge is -2.10. The zero-order chi connectivity index (χ0) is 16.8. The van der Waals surface area contributed by atoms with Crippen molar-refractivity contribution in [1.82, 2.24) is 9.55 Å². The SMILES string of the molecule is O=Cc1c(I)nc(Sc2ccccc2)n1COCc1ccccc1. The van der Waals surface area contributed by atoms with E-state index >= 15 is 0 Å². The zero-order valence-corrected chi connectivity index (χ0v) is 15.7. The molecular formula is C18H15IN2O2S. The highest BCUT2D eigenvalue weighted by molar-refractivity contribution is 14.1. The Morgan fingerprint density at radius 1 is 1.08 bits per heavy atom. The molecule has 1 heterocycles. The molecule has 24 heavy (non-hydrogen) atoms. The minimum absolute atomic E-state index is 0.286. The average Bonchev–Trinajstić information content (AvgIpc) is 2.91. The topological polar surface area (TPSA) is 44.1 Å². The summed E-state index contributed by atoms with van der Waals surface area (Å²) < 4.78 is 8.29. The van der Waals surface area contributed by atoms with E-state index in [-0.39, 0.29) is 6.73 Å². The highest BCUT2D eigenvalue weighted by Gasteiger charge is 2.16. The summed E-state index contributed by atoms with van der Waals surface area (Å²) in [5.41, 5.74) is 1.64. The molecular weight excluding hydrogens is 435 g/mol. The summed E-state index contributed by atoms with van der Waals surface area (Å²) in [5.74, 6) is 0. The maximum absolute atomic E-state index is 11.4. The lowest BCUT2D eigenvalue weighted by Crippen LogP contribution is -2.08. The standard InChI is InChI=1S/C18H15IN2O2S/c19-17-16(11-22)21(13-23-12-14-7-3-1-4-8-14)18(20-17)24-15-9-5-2-6-10-15/h1-11H,12-13H2. The normalized spacial score (nSPS) is 10.7. The average molecular weight is 450 g/mol. The maximum Gasteiger partial charge on any atom is 0.176 e. The van der Waals surface area contributed by atoms with Crippen LogP contribution in [0.15, 0.2) is 70.7 Å². The summed E-state index contributed by atoms with van der Waals surface area (Å²) >= 11 is 3.60. The summed E-state index contributed by atoms with van der Waals surface area (Å²) in [6.07, 6.45) is 0.829. The third-order valence-electron chi connectivity index (χ3n) is 3.32. The van der Waals surface area contributed by atoms with Gasteiger partial charge in [-0.15, -0.1) is 0 Å². The van der Waals surface area contributed by atoms with Crippen LogP contribution in [0.25, 0.3) is 0 Å². The van der Waals surface area contributed by atoms with Gasteiger partial charge < -0.3 is 4.74 Å². The largest absolute Gasteiger partial charge is 0.356 e. The second-order valence-electron chi connectivity index (χ2n) is 4.99. The second kappa shape index (κ2) is 8.46. The van der Waals surface area contributed by atoms with Gasteiger partial charge in [-0.2, -0.15) is 0 Å². The molecule has 0 amide bonds. The van der Waals surface area contributed by atoms with Crippen LogP contribution in [0, 0.1) is 3.70 Å². The van der Waals surface area contributed by atoms with Crippen LogP contribution in [0.3, 0.4) is 0 Å². The summed E-state index contributed by atoms with van der Waals surface area (Å²) in [7, 11) is 0. The van der Waals surface area contributed by atoms with E-state index in [0.717, 1.165) is 21.9 Å². The smallest absolute Gasteiger partial charge is 0.176 e. The van der Waals surface area contributed by atoms with Crippen molar-refractivity contribution in [3.05, 3.63) is 75.6 Å². The van der Waals surface area contributed by atoms with Gasteiger partial charge in [-0.3, -0.25) is 9.36 Å². The highest BCUT2D eigenvalue weighted by Crippen LogP contribution is 2.29. The van der Waals surface area contributed by atoms with Crippen molar-refractivity contribution >= 4 is 40.6 Å². The van der Waals surface area contributed by atoms with Crippen molar-refractivity contribution in [3.63, 3.8) is 0 Å². The number of carbonyl (C=O) groups excluding carboxylic acids is 1. The van der Waals surface area contributed by atoms with Gasteiger partial charge in [-0.05, 0) is 40.3 Å². The number of benzene rings is 2. The fourth-order valence-electron chi connectivity index (χ4n) is 2.15. The summed E-state index contributed by atoms with van der Waals surface area (Å²) in [4.78, 5) is 17.0. The maximum atomic E-state index is 11.4. The first-order chi connectivity index (χ1) is 11.8. The molecule has 0 aliphatic heterocycles. The number of imidazole rings is 1. The predicted octanol–water partition coefficient (Wildman–Crippen LogP) is 4.63. The number of hydrogen-bond donors (Lipinski definition) is 0.